The highest BCUT2D eigenvalue weighted by Crippen LogP contribution is 2.68. The molecule has 170 valence electrons. The third kappa shape index (κ3) is 2.71. The molecule has 0 amide bonds. The molecule has 4 heteroatoms. The topological polar surface area (TPSA) is 55.1 Å². The first-order valence-corrected chi connectivity index (χ1v) is 13.1. The number of Topliss-reactive ketones (excluding diaryl/α,β-unsaturated/α-hetero) is 1. The number of hydrogen-bond acceptors (Lipinski definition) is 3. The number of benzene rings is 1. The van der Waals surface area contributed by atoms with Crippen molar-refractivity contribution in [2.75, 3.05) is 0 Å². The van der Waals surface area contributed by atoms with E-state index in [1.807, 2.05) is 29.1 Å². The molecule has 0 radical (unpaired) electrons. The van der Waals surface area contributed by atoms with Crippen molar-refractivity contribution in [1.82, 2.24) is 9.78 Å². The van der Waals surface area contributed by atoms with Gasteiger partial charge in [-0.25, -0.2) is 0 Å². The van der Waals surface area contributed by atoms with E-state index >= 15 is 0 Å². The minimum atomic E-state index is -0.278. The quantitative estimate of drug-likeness (QED) is 0.722. The van der Waals surface area contributed by atoms with Crippen molar-refractivity contribution in [3.8, 4) is 0 Å². The van der Waals surface area contributed by atoms with Crippen LogP contribution in [0.25, 0.3) is 10.9 Å². The molecule has 32 heavy (non-hydrogen) atoms. The number of ketones is 1. The maximum atomic E-state index is 13.5. The van der Waals surface area contributed by atoms with Crippen molar-refractivity contribution >= 4 is 16.7 Å². The van der Waals surface area contributed by atoms with Crippen LogP contribution in [0.2, 0.25) is 0 Å². The monoisotopic (exact) mass is 432 g/mol. The van der Waals surface area contributed by atoms with Gasteiger partial charge in [-0.3, -0.25) is 9.48 Å². The molecule has 7 rings (SSSR count). The summed E-state index contributed by atoms with van der Waals surface area (Å²) in [6.07, 6.45) is 12.9. The van der Waals surface area contributed by atoms with E-state index in [1.165, 1.54) is 38.5 Å². The Hall–Kier alpha value is -1.68. The molecule has 5 saturated carbocycles. The van der Waals surface area contributed by atoms with E-state index in [0.29, 0.717) is 24.2 Å². The molecule has 1 N–H and O–H groups in total. The van der Waals surface area contributed by atoms with Gasteiger partial charge >= 0.3 is 0 Å². The van der Waals surface area contributed by atoms with Gasteiger partial charge in [0.05, 0.1) is 17.7 Å². The first-order valence-electron chi connectivity index (χ1n) is 13.1. The Balaban J connectivity index is 1.09. The third-order valence-corrected chi connectivity index (χ3v) is 11.1. The van der Waals surface area contributed by atoms with Gasteiger partial charge in [0.25, 0.3) is 0 Å². The summed E-state index contributed by atoms with van der Waals surface area (Å²) >= 11 is 0. The first-order chi connectivity index (χ1) is 15.5. The maximum absolute atomic E-state index is 13.5. The number of carbonyl (C=O) groups excluding carboxylic acids is 1. The maximum Gasteiger partial charge on any atom is 0.157 e. The van der Waals surface area contributed by atoms with Crippen molar-refractivity contribution in [3.05, 3.63) is 30.5 Å². The fourth-order valence-electron chi connectivity index (χ4n) is 9.58. The van der Waals surface area contributed by atoms with Gasteiger partial charge in [-0.05, 0) is 105 Å². The van der Waals surface area contributed by atoms with Crippen LogP contribution in [0.4, 0.5) is 0 Å². The summed E-state index contributed by atoms with van der Waals surface area (Å²) in [5.41, 5.74) is 0.870. The summed E-state index contributed by atoms with van der Waals surface area (Å²) < 4.78 is 1.87. The molecule has 0 saturated heterocycles. The average molecular weight is 433 g/mol. The van der Waals surface area contributed by atoms with Crippen LogP contribution in [0.5, 0.6) is 0 Å². The average Bonchev–Trinajstić information content (AvgIpc) is 3.13. The van der Waals surface area contributed by atoms with Gasteiger partial charge in [-0.15, -0.1) is 0 Å². The van der Waals surface area contributed by atoms with Crippen molar-refractivity contribution in [1.29, 1.82) is 0 Å². The van der Waals surface area contributed by atoms with Crippen LogP contribution in [-0.4, -0.2) is 26.3 Å². The summed E-state index contributed by atoms with van der Waals surface area (Å²) in [7, 11) is 0. The van der Waals surface area contributed by atoms with Crippen LogP contribution >= 0.6 is 0 Å². The highest BCUT2D eigenvalue weighted by molar-refractivity contribution is 5.83. The lowest BCUT2D eigenvalue weighted by atomic mass is 9.49. The van der Waals surface area contributed by atoms with Crippen LogP contribution in [0.1, 0.15) is 64.7 Å². The zero-order chi connectivity index (χ0) is 21.7. The largest absolute Gasteiger partial charge is 0.390 e. The number of aliphatic hydroxyl groups is 1. The van der Waals surface area contributed by atoms with Gasteiger partial charge < -0.3 is 5.11 Å². The fraction of sp³-hybridized carbons (Fsp3) is 0.714. The van der Waals surface area contributed by atoms with Crippen molar-refractivity contribution in [2.24, 2.45) is 46.8 Å². The predicted molar refractivity (Wildman–Crippen MR) is 124 cm³/mol. The van der Waals surface area contributed by atoms with Crippen LogP contribution < -0.4 is 0 Å². The molecule has 2 aromatic rings. The molecule has 5 aliphatic rings. The van der Waals surface area contributed by atoms with E-state index in [9.17, 15) is 9.90 Å². The number of hydrogen-bond donors (Lipinski definition) is 1. The van der Waals surface area contributed by atoms with E-state index in [1.54, 1.807) is 0 Å². The molecule has 1 aromatic heterocycles. The summed E-state index contributed by atoms with van der Waals surface area (Å²) in [4.78, 5) is 13.5. The first kappa shape index (κ1) is 19.8. The summed E-state index contributed by atoms with van der Waals surface area (Å²) in [6, 6.07) is 8.13. The molecule has 1 unspecified atom stereocenters. The fourth-order valence-corrected chi connectivity index (χ4v) is 9.58. The molecule has 0 spiro atoms. The standard InChI is InChI=1S/C28H36N2O2/c1-27-12-10-18-19-11-13-28(32)14-24(28)21(19)7-6-20(18)22(27)8-9-23(27)26(31)16-30-15-17-4-2-3-5-25(17)29-30/h2-5,15,18-24,32H,6-14,16H2,1H3/t18-,19-,20-,21+,22+,23-,24?,27+,28+/m1/s1. The predicted octanol–water partition coefficient (Wildman–Crippen LogP) is 5.24. The summed E-state index contributed by atoms with van der Waals surface area (Å²) in [5, 5.41) is 16.5. The summed E-state index contributed by atoms with van der Waals surface area (Å²) in [6.45, 7) is 2.87. The molecule has 1 heterocycles. The lowest BCUT2D eigenvalue weighted by molar-refractivity contribution is -0.131. The Morgan fingerprint density at radius 1 is 1.00 bits per heavy atom. The lowest BCUT2D eigenvalue weighted by Crippen LogP contribution is -2.50. The van der Waals surface area contributed by atoms with Crippen LogP contribution in [0.15, 0.2) is 30.5 Å². The second kappa shape index (κ2) is 6.68. The Kier molecular flexibility index (Phi) is 4.13. The van der Waals surface area contributed by atoms with Crippen LogP contribution in [0.3, 0.4) is 0 Å². The van der Waals surface area contributed by atoms with Crippen molar-refractivity contribution < 1.29 is 9.90 Å². The normalized spacial score (nSPS) is 46.8. The molecule has 4 nitrogen and oxygen atoms in total. The minimum absolute atomic E-state index is 0.173. The van der Waals surface area contributed by atoms with E-state index in [4.69, 9.17) is 0 Å². The molecule has 0 bridgehead atoms. The number of rotatable bonds is 3. The zero-order valence-electron chi connectivity index (χ0n) is 19.2. The minimum Gasteiger partial charge on any atom is -0.390 e. The lowest BCUT2D eigenvalue weighted by Gasteiger charge is -2.56. The van der Waals surface area contributed by atoms with Crippen molar-refractivity contribution in [3.63, 3.8) is 0 Å². The van der Waals surface area contributed by atoms with E-state index in [-0.39, 0.29) is 16.9 Å². The van der Waals surface area contributed by atoms with Crippen molar-refractivity contribution in [2.45, 2.75) is 76.9 Å². The highest BCUT2D eigenvalue weighted by Gasteiger charge is 2.65. The van der Waals surface area contributed by atoms with Gasteiger partial charge in [0.1, 0.15) is 0 Å². The molecule has 1 aromatic carbocycles. The molecule has 5 aliphatic carbocycles. The number of aromatic nitrogens is 2. The number of fused-ring (bicyclic) bond motifs is 8. The molecular weight excluding hydrogens is 396 g/mol. The Labute approximate surface area is 190 Å². The molecular formula is C28H36N2O2. The zero-order valence-corrected chi connectivity index (χ0v) is 19.2. The second-order valence-electron chi connectivity index (χ2n) is 12.3. The Morgan fingerprint density at radius 3 is 2.56 bits per heavy atom. The molecule has 9 atom stereocenters. The highest BCUT2D eigenvalue weighted by atomic mass is 16.3. The Bertz CT molecular complexity index is 1040. The van der Waals surface area contributed by atoms with E-state index in [2.05, 4.69) is 18.1 Å². The van der Waals surface area contributed by atoms with E-state index in [0.717, 1.165) is 53.8 Å². The SMILES string of the molecule is C[C@]12CC[C@@H]3[C@H]4CC[C@]5(O)CC5[C@H]4CC[C@H]3[C@@H]1CC[C@@H]2C(=O)Cn1cc2ccccc2n1. The third-order valence-electron chi connectivity index (χ3n) is 11.1. The summed E-state index contributed by atoms with van der Waals surface area (Å²) in [5.74, 6) is 5.21. The van der Waals surface area contributed by atoms with Crippen LogP contribution in [0, 0.1) is 46.8 Å². The second-order valence-corrected chi connectivity index (χ2v) is 12.3. The molecule has 0 aliphatic heterocycles. The van der Waals surface area contributed by atoms with Gasteiger partial charge in [0, 0.05) is 17.5 Å². The van der Waals surface area contributed by atoms with Gasteiger partial charge in [0.2, 0.25) is 0 Å². The van der Waals surface area contributed by atoms with E-state index < -0.39 is 0 Å². The van der Waals surface area contributed by atoms with Gasteiger partial charge in [0.15, 0.2) is 5.78 Å². The van der Waals surface area contributed by atoms with Gasteiger partial charge in [-0.1, -0.05) is 25.1 Å². The number of carbonyl (C=O) groups is 1. The molecule has 5 fully saturated rings. The van der Waals surface area contributed by atoms with Crippen LogP contribution in [-0.2, 0) is 11.3 Å². The smallest absolute Gasteiger partial charge is 0.157 e. The Morgan fingerprint density at radius 2 is 1.75 bits per heavy atom. The number of nitrogens with zero attached hydrogens (tertiary/aromatic N) is 2. The van der Waals surface area contributed by atoms with Gasteiger partial charge in [-0.2, -0.15) is 5.10 Å².